The fourth-order valence-corrected chi connectivity index (χ4v) is 4.52. The van der Waals surface area contributed by atoms with Crippen molar-refractivity contribution < 1.29 is 14.4 Å². The lowest BCUT2D eigenvalue weighted by Gasteiger charge is -2.15. The van der Waals surface area contributed by atoms with E-state index >= 15 is 0 Å². The molecule has 0 aliphatic carbocycles. The molecular weight excluding hydrogens is 570 g/mol. The smallest absolute Gasteiger partial charge is 0.227 e. The van der Waals surface area contributed by atoms with Gasteiger partial charge in [-0.05, 0) is 75.3 Å². The average molecular weight is 630 g/mol. The Labute approximate surface area is 279 Å². The molecule has 252 valence electrons. The van der Waals surface area contributed by atoms with E-state index < -0.39 is 6.04 Å². The van der Waals surface area contributed by atoms with Crippen LogP contribution < -0.4 is 16.0 Å². The van der Waals surface area contributed by atoms with Crippen LogP contribution in [0.25, 0.3) is 0 Å². The highest BCUT2D eigenvalue weighted by molar-refractivity contribution is 5.83. The van der Waals surface area contributed by atoms with Gasteiger partial charge in [0, 0.05) is 26.1 Å². The molecule has 1 rings (SSSR count). The number of amides is 2. The van der Waals surface area contributed by atoms with Gasteiger partial charge >= 0.3 is 0 Å². The van der Waals surface area contributed by atoms with Gasteiger partial charge in [0.1, 0.15) is 6.29 Å². The lowest BCUT2D eigenvalue weighted by molar-refractivity contribution is -0.123. The minimum Gasteiger partial charge on any atom is -0.354 e. The molecule has 0 spiro atoms. The monoisotopic (exact) mass is 629 g/mol. The predicted octanol–water partition coefficient (Wildman–Crippen LogP) is 7.86. The summed E-state index contributed by atoms with van der Waals surface area (Å²) in [5.74, 6) is 0.170. The van der Waals surface area contributed by atoms with Gasteiger partial charge in [0.15, 0.2) is 0 Å². The Morgan fingerprint density at radius 2 is 1.24 bits per heavy atom. The van der Waals surface area contributed by atoms with Crippen LogP contribution in [0.2, 0.25) is 0 Å². The van der Waals surface area contributed by atoms with E-state index in [2.05, 4.69) is 116 Å². The third-order valence-electron chi connectivity index (χ3n) is 7.13. The molecule has 0 heterocycles. The molecule has 0 aliphatic heterocycles. The molecule has 2 amide bonds. The van der Waals surface area contributed by atoms with Gasteiger partial charge in [-0.2, -0.15) is 0 Å². The Kier molecular flexibility index (Phi) is 24.1. The number of hydrogen-bond donors (Lipinski definition) is 3. The van der Waals surface area contributed by atoms with Gasteiger partial charge in [-0.1, -0.05) is 118 Å². The third kappa shape index (κ3) is 21.9. The zero-order valence-electron chi connectivity index (χ0n) is 28.8. The van der Waals surface area contributed by atoms with E-state index in [0.29, 0.717) is 38.4 Å². The van der Waals surface area contributed by atoms with Gasteiger partial charge in [-0.15, -0.1) is 0 Å². The molecule has 46 heavy (non-hydrogen) atoms. The van der Waals surface area contributed by atoms with Crippen molar-refractivity contribution in [3.63, 3.8) is 0 Å². The molecule has 0 saturated carbocycles. The molecule has 3 N–H and O–H groups in total. The summed E-state index contributed by atoms with van der Waals surface area (Å²) in [6, 6.07) is 7.65. The first kappa shape index (κ1) is 40.3. The van der Waals surface area contributed by atoms with E-state index in [9.17, 15) is 14.4 Å². The molecule has 0 saturated heterocycles. The van der Waals surface area contributed by atoms with Crippen LogP contribution in [0.3, 0.4) is 0 Å². The van der Waals surface area contributed by atoms with Gasteiger partial charge in [-0.25, -0.2) is 0 Å². The SMILES string of the molecule is CC/C=C\C/C=C\C/C=C\C/C=C\C/C=C\C/C=C\CCC(=O)N[C@H](C=O)CNCCNC(=O)C(C)c1ccc(CC(C)C)cc1. The number of nitrogens with one attached hydrogen (secondary N) is 3. The van der Waals surface area contributed by atoms with Crippen molar-refractivity contribution in [3.8, 4) is 0 Å². The van der Waals surface area contributed by atoms with Gasteiger partial charge in [0.25, 0.3) is 0 Å². The maximum absolute atomic E-state index is 12.5. The van der Waals surface area contributed by atoms with Crippen LogP contribution in [-0.4, -0.2) is 43.8 Å². The number of carbonyl (C=O) groups excluding carboxylic acids is 3. The van der Waals surface area contributed by atoms with E-state index in [-0.39, 0.29) is 17.7 Å². The first-order valence-corrected chi connectivity index (χ1v) is 17.1. The topological polar surface area (TPSA) is 87.3 Å². The molecule has 0 radical (unpaired) electrons. The average Bonchev–Trinajstić information content (AvgIpc) is 3.04. The fourth-order valence-electron chi connectivity index (χ4n) is 4.52. The molecule has 0 aliphatic rings. The highest BCUT2D eigenvalue weighted by Gasteiger charge is 2.15. The first-order valence-electron chi connectivity index (χ1n) is 17.1. The summed E-state index contributed by atoms with van der Waals surface area (Å²) in [6.07, 6.45) is 34.3. The second kappa shape index (κ2) is 27.5. The van der Waals surface area contributed by atoms with Gasteiger partial charge < -0.3 is 20.7 Å². The molecule has 0 aromatic heterocycles. The van der Waals surface area contributed by atoms with Crippen LogP contribution in [0.1, 0.15) is 96.1 Å². The Hall–Kier alpha value is -3.77. The lowest BCUT2D eigenvalue weighted by Crippen LogP contribution is -2.44. The molecule has 6 nitrogen and oxygen atoms in total. The zero-order valence-corrected chi connectivity index (χ0v) is 28.8. The molecular formula is C40H59N3O3. The van der Waals surface area contributed by atoms with E-state index in [1.165, 1.54) is 5.56 Å². The van der Waals surface area contributed by atoms with Crippen molar-refractivity contribution in [2.75, 3.05) is 19.6 Å². The Balaban J connectivity index is 2.11. The summed E-state index contributed by atoms with van der Waals surface area (Å²) in [7, 11) is 0. The zero-order chi connectivity index (χ0) is 33.7. The minimum atomic E-state index is -0.600. The van der Waals surface area contributed by atoms with Crippen LogP contribution >= 0.6 is 0 Å². The summed E-state index contributed by atoms with van der Waals surface area (Å²) in [5.41, 5.74) is 2.27. The quantitative estimate of drug-likeness (QED) is 0.0584. The number of allylic oxidation sites excluding steroid dienone is 12. The minimum absolute atomic E-state index is 0.0342. The Bertz CT molecular complexity index is 1140. The van der Waals surface area contributed by atoms with E-state index in [0.717, 1.165) is 56.8 Å². The summed E-state index contributed by atoms with van der Waals surface area (Å²) in [4.78, 5) is 36.2. The summed E-state index contributed by atoms with van der Waals surface area (Å²) in [6.45, 7) is 9.70. The van der Waals surface area contributed by atoms with Crippen molar-refractivity contribution in [1.82, 2.24) is 16.0 Å². The van der Waals surface area contributed by atoms with Crippen LogP contribution in [0, 0.1) is 5.92 Å². The normalized spacial score (nSPS) is 13.7. The van der Waals surface area contributed by atoms with Crippen molar-refractivity contribution in [2.45, 2.75) is 97.4 Å². The molecule has 1 aromatic rings. The number of aldehydes is 1. The number of carbonyl (C=O) groups is 3. The molecule has 6 heteroatoms. The van der Waals surface area contributed by atoms with Crippen LogP contribution in [-0.2, 0) is 20.8 Å². The van der Waals surface area contributed by atoms with E-state index in [4.69, 9.17) is 0 Å². The predicted molar refractivity (Wildman–Crippen MR) is 195 cm³/mol. The van der Waals surface area contributed by atoms with Crippen LogP contribution in [0.5, 0.6) is 0 Å². The Morgan fingerprint density at radius 3 is 1.74 bits per heavy atom. The highest BCUT2D eigenvalue weighted by atomic mass is 16.2. The van der Waals surface area contributed by atoms with Gasteiger partial charge in [0.05, 0.1) is 12.0 Å². The summed E-state index contributed by atoms with van der Waals surface area (Å²) in [5, 5.41) is 8.83. The molecule has 0 bridgehead atoms. The fraction of sp³-hybridized carbons (Fsp3) is 0.475. The number of benzene rings is 1. The van der Waals surface area contributed by atoms with Crippen molar-refractivity contribution >= 4 is 18.1 Å². The largest absolute Gasteiger partial charge is 0.354 e. The van der Waals surface area contributed by atoms with Gasteiger partial charge in [-0.3, -0.25) is 9.59 Å². The van der Waals surface area contributed by atoms with Crippen molar-refractivity contribution in [1.29, 1.82) is 0 Å². The number of hydrogen-bond acceptors (Lipinski definition) is 4. The van der Waals surface area contributed by atoms with Gasteiger partial charge in [0.2, 0.25) is 11.8 Å². The van der Waals surface area contributed by atoms with Crippen LogP contribution in [0.15, 0.2) is 97.2 Å². The molecule has 2 atom stereocenters. The number of rotatable bonds is 25. The second-order valence-corrected chi connectivity index (χ2v) is 11.8. The van der Waals surface area contributed by atoms with E-state index in [1.54, 1.807) is 0 Å². The van der Waals surface area contributed by atoms with Crippen molar-refractivity contribution in [3.05, 3.63) is 108 Å². The van der Waals surface area contributed by atoms with Crippen molar-refractivity contribution in [2.24, 2.45) is 5.92 Å². The lowest BCUT2D eigenvalue weighted by atomic mass is 9.96. The van der Waals surface area contributed by atoms with Crippen LogP contribution in [0.4, 0.5) is 0 Å². The molecule has 1 aromatic carbocycles. The standard InChI is InChI=1S/C40H59N3O3/c1-5-6-7-8-9-10-11-12-13-14-15-16-17-18-19-20-21-22-23-24-39(45)43-38(33-44)32-41-29-30-42-40(46)35(4)37-27-25-36(26-28-37)31-34(2)3/h6-7,9-10,12-13,15-16,18-19,21-22,25-28,33-35,38,41H,5,8,11,14,17,20,23-24,29-32H2,1-4H3,(H,42,46)(H,43,45)/b7-6-,10-9-,13-12-,16-15-,19-18-,22-21-/t35?,38-/m0/s1. The second-order valence-electron chi connectivity index (χ2n) is 11.8. The summed E-state index contributed by atoms with van der Waals surface area (Å²) >= 11 is 0. The maximum Gasteiger partial charge on any atom is 0.227 e. The maximum atomic E-state index is 12.5. The highest BCUT2D eigenvalue weighted by Crippen LogP contribution is 2.17. The molecule has 0 fully saturated rings. The third-order valence-corrected chi connectivity index (χ3v) is 7.13. The van der Waals surface area contributed by atoms with E-state index in [1.807, 2.05) is 25.1 Å². The Morgan fingerprint density at radius 1 is 0.717 bits per heavy atom. The first-order chi connectivity index (χ1) is 22.4. The summed E-state index contributed by atoms with van der Waals surface area (Å²) < 4.78 is 0. The molecule has 1 unspecified atom stereocenters.